The Labute approximate surface area is 451 Å². The van der Waals surface area contributed by atoms with Gasteiger partial charge in [-0.25, -0.2) is 15.1 Å². The van der Waals surface area contributed by atoms with Crippen molar-refractivity contribution in [2.75, 3.05) is 52.7 Å². The summed E-state index contributed by atoms with van der Waals surface area (Å²) < 4.78 is 67.3. The van der Waals surface area contributed by atoms with E-state index in [9.17, 15) is 47.9 Å². The minimum Gasteiger partial charge on any atom is -0.463 e. The number of carbonyl (C=O) groups is 10. The molecule has 1 aromatic rings. The van der Waals surface area contributed by atoms with Crippen LogP contribution in [-0.4, -0.2) is 180 Å². The first kappa shape index (κ1) is 65.6. The second kappa shape index (κ2) is 35.6. The molecule has 3 rings (SSSR count). The molecular weight excluding hydrogens is 1040 g/mol. The van der Waals surface area contributed by atoms with E-state index in [1.165, 1.54) is 27.7 Å². The van der Waals surface area contributed by atoms with Gasteiger partial charge in [0.1, 0.15) is 56.8 Å². The number of ether oxygens (including phenoxy) is 12. The Balaban J connectivity index is 1.43. The Hall–Kier alpha value is -6.72. The Bertz CT molecular complexity index is 2100. The van der Waals surface area contributed by atoms with Crippen molar-refractivity contribution in [3.8, 4) is 0 Å². The lowest BCUT2D eigenvalue weighted by Gasteiger charge is -2.44. The van der Waals surface area contributed by atoms with Crippen LogP contribution in [0, 0.1) is 0 Å². The van der Waals surface area contributed by atoms with Gasteiger partial charge in [-0.2, -0.15) is 0 Å². The average molecular weight is 1110 g/mol. The molecule has 0 radical (unpaired) electrons. The molecule has 28 heteroatoms. The van der Waals surface area contributed by atoms with Crippen LogP contribution in [0.15, 0.2) is 30.3 Å². The first-order valence-electron chi connectivity index (χ1n) is 25.4. The molecule has 5 N–H and O–H groups in total. The lowest BCUT2D eigenvalue weighted by atomic mass is 9.96. The van der Waals surface area contributed by atoms with Crippen LogP contribution in [0.25, 0.3) is 0 Å². The third-order valence-corrected chi connectivity index (χ3v) is 11.1. The number of benzene rings is 1. The topological polar surface area (TPSA) is 351 Å². The predicted molar refractivity (Wildman–Crippen MR) is 264 cm³/mol. The first-order valence-corrected chi connectivity index (χ1v) is 25.4. The summed E-state index contributed by atoms with van der Waals surface area (Å²) in [5, 5.41) is 10.6. The maximum Gasteiger partial charge on any atom is 0.407 e. The molecule has 0 aromatic heterocycles. The SMILES string of the molecule is CC(=O)N[C@H]1[C@H](OCCCCCNC(=O)NOCC(COC(=O)NCCCCCO[C@@H]2O[C@H](COC(C)=O)[C@H](OC(C)=O)[C@H](OC(C)=O)[C@H]2NC(C)=O)OCc2ccccc2)O[C@H](COC(C)=O)[C@H](OC(C)=O)[C@@H]1OC(C)=O. The smallest absolute Gasteiger partial charge is 0.407 e. The molecule has 2 heterocycles. The van der Waals surface area contributed by atoms with Crippen molar-refractivity contribution in [2.45, 2.75) is 168 Å². The lowest BCUT2D eigenvalue weighted by molar-refractivity contribution is -0.277. The fourth-order valence-corrected chi connectivity index (χ4v) is 7.85. The minimum absolute atomic E-state index is 0.0908. The number of alkyl carbamates (subject to hydrolysis) is 1. The maximum absolute atomic E-state index is 12.7. The lowest BCUT2D eigenvalue weighted by Crippen LogP contribution is -2.66. The maximum atomic E-state index is 12.7. The van der Waals surface area contributed by atoms with Crippen LogP contribution in [0.3, 0.4) is 0 Å². The van der Waals surface area contributed by atoms with Gasteiger partial charge in [-0.05, 0) is 44.1 Å². The van der Waals surface area contributed by atoms with E-state index in [0.717, 1.165) is 33.3 Å². The molecule has 0 spiro atoms. The summed E-state index contributed by atoms with van der Waals surface area (Å²) in [5.74, 6) is -5.23. The molecule has 2 aliphatic heterocycles. The zero-order chi connectivity index (χ0) is 57.6. The summed E-state index contributed by atoms with van der Waals surface area (Å²) in [6.07, 6.45) is -8.15. The molecule has 5 amide bonds. The summed E-state index contributed by atoms with van der Waals surface area (Å²) in [7, 11) is 0. The number of urea groups is 1. The van der Waals surface area contributed by atoms with Crippen molar-refractivity contribution in [3.63, 3.8) is 0 Å². The van der Waals surface area contributed by atoms with Crippen LogP contribution < -0.4 is 26.7 Å². The molecule has 2 saturated heterocycles. The summed E-state index contributed by atoms with van der Waals surface area (Å²) in [4.78, 5) is 127. The molecule has 11 atom stereocenters. The van der Waals surface area contributed by atoms with Crippen LogP contribution in [-0.2, 0) is 107 Å². The molecule has 2 aliphatic rings. The van der Waals surface area contributed by atoms with E-state index in [1.54, 1.807) is 0 Å². The highest BCUT2D eigenvalue weighted by Gasteiger charge is 2.52. The third-order valence-electron chi connectivity index (χ3n) is 11.1. The summed E-state index contributed by atoms with van der Waals surface area (Å²) in [6.45, 7) is 9.02. The Morgan fingerprint density at radius 3 is 1.40 bits per heavy atom. The summed E-state index contributed by atoms with van der Waals surface area (Å²) >= 11 is 0. The molecular formula is C50H75N5O23. The van der Waals surface area contributed by atoms with Gasteiger partial charge in [-0.15, -0.1) is 0 Å². The van der Waals surface area contributed by atoms with Crippen molar-refractivity contribution in [1.29, 1.82) is 0 Å². The number of amides is 5. The van der Waals surface area contributed by atoms with Gasteiger partial charge in [0.15, 0.2) is 37.0 Å². The highest BCUT2D eigenvalue weighted by atomic mass is 16.7. The van der Waals surface area contributed by atoms with Gasteiger partial charge in [-0.1, -0.05) is 30.3 Å². The first-order chi connectivity index (χ1) is 37.1. The highest BCUT2D eigenvalue weighted by Crippen LogP contribution is 2.30. The van der Waals surface area contributed by atoms with Gasteiger partial charge in [0.2, 0.25) is 11.8 Å². The third kappa shape index (κ3) is 26.1. The number of carbonyl (C=O) groups excluding carboxylic acids is 10. The van der Waals surface area contributed by atoms with Crippen molar-refractivity contribution >= 4 is 59.8 Å². The Morgan fingerprint density at radius 2 is 0.962 bits per heavy atom. The van der Waals surface area contributed by atoms with Crippen LogP contribution >= 0.6 is 0 Å². The van der Waals surface area contributed by atoms with Crippen LogP contribution in [0.5, 0.6) is 0 Å². The van der Waals surface area contributed by atoms with Gasteiger partial charge in [0, 0.05) is 81.7 Å². The predicted octanol–water partition coefficient (Wildman–Crippen LogP) is 1.21. The van der Waals surface area contributed by atoms with E-state index in [2.05, 4.69) is 26.7 Å². The number of unbranched alkanes of at least 4 members (excludes halogenated alkanes) is 4. The number of esters is 6. The monoisotopic (exact) mass is 1110 g/mol. The second-order valence-corrected chi connectivity index (χ2v) is 17.9. The average Bonchev–Trinajstić information content (AvgIpc) is 3.36. The van der Waals surface area contributed by atoms with E-state index < -0.39 is 127 Å². The molecule has 28 nitrogen and oxygen atoms in total. The molecule has 1 unspecified atom stereocenters. The van der Waals surface area contributed by atoms with Crippen molar-refractivity contribution < 1.29 is 110 Å². The van der Waals surface area contributed by atoms with Gasteiger partial charge < -0.3 is 78.1 Å². The number of hydroxylamine groups is 1. The van der Waals surface area contributed by atoms with E-state index >= 15 is 0 Å². The molecule has 0 aliphatic carbocycles. The van der Waals surface area contributed by atoms with Crippen molar-refractivity contribution in [1.82, 2.24) is 26.7 Å². The van der Waals surface area contributed by atoms with Gasteiger partial charge in [0.05, 0.1) is 6.61 Å². The van der Waals surface area contributed by atoms with Gasteiger partial charge in [0.25, 0.3) is 0 Å². The van der Waals surface area contributed by atoms with E-state index in [0.29, 0.717) is 38.5 Å². The summed E-state index contributed by atoms with van der Waals surface area (Å²) in [6, 6.07) is 6.36. The van der Waals surface area contributed by atoms with Gasteiger partial charge in [-0.3, -0.25) is 43.2 Å². The molecule has 0 bridgehead atoms. The summed E-state index contributed by atoms with van der Waals surface area (Å²) in [5.41, 5.74) is 3.13. The number of rotatable bonds is 32. The number of hydrogen-bond acceptors (Lipinski definition) is 23. The minimum atomic E-state index is -1.25. The van der Waals surface area contributed by atoms with Crippen LogP contribution in [0.2, 0.25) is 0 Å². The number of hydrogen-bond donors (Lipinski definition) is 5. The van der Waals surface area contributed by atoms with Crippen LogP contribution in [0.4, 0.5) is 9.59 Å². The molecule has 1 aromatic carbocycles. The molecule has 2 fully saturated rings. The molecule has 0 saturated carbocycles. The fraction of sp³-hybridized carbons (Fsp3) is 0.680. The van der Waals surface area contributed by atoms with E-state index in [1.807, 2.05) is 30.3 Å². The van der Waals surface area contributed by atoms with Crippen molar-refractivity contribution in [3.05, 3.63) is 35.9 Å². The second-order valence-electron chi connectivity index (χ2n) is 17.9. The van der Waals surface area contributed by atoms with E-state index in [-0.39, 0.29) is 59.3 Å². The normalized spacial score (nSPS) is 22.9. The number of nitrogens with one attached hydrogen (secondary N) is 5. The quantitative estimate of drug-likeness (QED) is 0.0293. The fourth-order valence-electron chi connectivity index (χ4n) is 7.85. The zero-order valence-corrected chi connectivity index (χ0v) is 45.2. The largest absolute Gasteiger partial charge is 0.463 e. The van der Waals surface area contributed by atoms with Crippen molar-refractivity contribution in [2.24, 2.45) is 0 Å². The molecule has 78 heavy (non-hydrogen) atoms. The van der Waals surface area contributed by atoms with Gasteiger partial charge >= 0.3 is 47.9 Å². The zero-order valence-electron chi connectivity index (χ0n) is 45.2. The van der Waals surface area contributed by atoms with E-state index in [4.69, 9.17) is 61.7 Å². The van der Waals surface area contributed by atoms with Crippen LogP contribution in [0.1, 0.15) is 99.5 Å². The molecule has 438 valence electrons. The highest BCUT2D eigenvalue weighted by molar-refractivity contribution is 5.75. The standard InChI is InChI=1S/C50H75N5O23/c1-29(56)53-41-45(75-35(7)62)43(73-33(5)60)39(27-68-31(3)58)77-47(41)66-22-16-10-14-20-51-49(64)55-72-26-38(70-24-37-18-12-9-13-19-37)25-71-50(65)52-21-15-11-17-23-67-48-42(54-30(2)57)46(76-36(8)63)44(74-34(6)61)40(78-48)28-69-32(4)59/h9,12-13,18-19,38-48H,10-11,14-17,20-28H2,1-8H3,(H,52,65)(H,53,56)(H,54,57)(H2,51,55,64)/t38?,39-,40-,41-,42-,43+,44+,45-,46-,47-,48-/m1/s1. The Morgan fingerprint density at radius 1 is 0.513 bits per heavy atom. The Kier molecular flexibility index (Phi) is 30.0.